The molecule has 2 aromatic rings. The van der Waals surface area contributed by atoms with E-state index >= 15 is 0 Å². The molecule has 0 amide bonds. The van der Waals surface area contributed by atoms with Gasteiger partial charge in [-0.05, 0) is 48.2 Å². The van der Waals surface area contributed by atoms with E-state index < -0.39 is 0 Å². The van der Waals surface area contributed by atoms with Crippen molar-refractivity contribution in [2.45, 2.75) is 42.9 Å². The minimum Gasteiger partial charge on any atom is -0.492 e. The second kappa shape index (κ2) is 6.44. The summed E-state index contributed by atoms with van der Waals surface area (Å²) >= 11 is 1.72. The Balaban J connectivity index is 2.16. The molecule has 2 aromatic carbocycles. The number of ether oxygens (including phenoxy) is 1. The van der Waals surface area contributed by atoms with Crippen LogP contribution in [-0.2, 0) is 5.41 Å². The van der Waals surface area contributed by atoms with Crippen LogP contribution in [0.1, 0.15) is 33.3 Å². The third kappa shape index (κ3) is 4.18. The molecule has 0 radical (unpaired) electrons. The maximum absolute atomic E-state index is 5.90. The first-order chi connectivity index (χ1) is 9.90. The van der Waals surface area contributed by atoms with Gasteiger partial charge in [0.15, 0.2) is 0 Å². The predicted octanol–water partition coefficient (Wildman–Crippen LogP) is 5.12. The number of anilines is 1. The minimum atomic E-state index is 0.187. The van der Waals surface area contributed by atoms with Gasteiger partial charge >= 0.3 is 0 Å². The highest BCUT2D eigenvalue weighted by Gasteiger charge is 2.13. The maximum atomic E-state index is 5.90. The molecule has 0 bridgehead atoms. The van der Waals surface area contributed by atoms with Crippen molar-refractivity contribution in [1.29, 1.82) is 0 Å². The Bertz CT molecular complexity index is 600. The Morgan fingerprint density at radius 1 is 1.00 bits per heavy atom. The van der Waals surface area contributed by atoms with E-state index in [9.17, 15) is 0 Å². The summed E-state index contributed by atoms with van der Waals surface area (Å²) in [6.07, 6.45) is 0. The highest BCUT2D eigenvalue weighted by atomic mass is 32.2. The van der Waals surface area contributed by atoms with Crippen molar-refractivity contribution < 1.29 is 4.74 Å². The topological polar surface area (TPSA) is 35.2 Å². The molecule has 0 saturated carbocycles. The van der Waals surface area contributed by atoms with Crippen molar-refractivity contribution >= 4 is 17.4 Å². The van der Waals surface area contributed by atoms with Crippen molar-refractivity contribution in [2.24, 2.45) is 0 Å². The summed E-state index contributed by atoms with van der Waals surface area (Å²) in [5.74, 6) is 0.758. The summed E-state index contributed by atoms with van der Waals surface area (Å²) < 4.78 is 5.54. The highest BCUT2D eigenvalue weighted by Crippen LogP contribution is 2.34. The van der Waals surface area contributed by atoms with Crippen molar-refractivity contribution in [2.75, 3.05) is 12.3 Å². The Hall–Kier alpha value is -1.61. The van der Waals surface area contributed by atoms with Gasteiger partial charge in [0.25, 0.3) is 0 Å². The lowest BCUT2D eigenvalue weighted by Crippen LogP contribution is -2.10. The molecule has 0 saturated heterocycles. The molecule has 0 fully saturated rings. The average Bonchev–Trinajstić information content (AvgIpc) is 2.42. The molecule has 0 aliphatic rings. The van der Waals surface area contributed by atoms with E-state index in [-0.39, 0.29) is 5.41 Å². The molecule has 2 rings (SSSR count). The summed E-state index contributed by atoms with van der Waals surface area (Å²) in [5.41, 5.74) is 8.12. The average molecular weight is 301 g/mol. The zero-order valence-electron chi connectivity index (χ0n) is 13.1. The monoisotopic (exact) mass is 301 g/mol. The molecule has 0 unspecified atom stereocenters. The van der Waals surface area contributed by atoms with E-state index in [1.54, 1.807) is 11.8 Å². The first-order valence-electron chi connectivity index (χ1n) is 7.21. The smallest absolute Gasteiger partial charge is 0.143 e. The number of rotatable bonds is 4. The number of nitrogens with two attached hydrogens (primary N) is 1. The lowest BCUT2D eigenvalue weighted by atomic mass is 9.87. The number of hydrogen-bond donors (Lipinski definition) is 1. The third-order valence-electron chi connectivity index (χ3n) is 3.24. The van der Waals surface area contributed by atoms with E-state index in [1.807, 2.05) is 25.1 Å². The predicted molar refractivity (Wildman–Crippen MR) is 91.3 cm³/mol. The van der Waals surface area contributed by atoms with E-state index in [0.717, 1.165) is 10.6 Å². The van der Waals surface area contributed by atoms with Crippen LogP contribution in [0.5, 0.6) is 5.75 Å². The summed E-state index contributed by atoms with van der Waals surface area (Å²) in [6.45, 7) is 9.26. The second-order valence-electron chi connectivity index (χ2n) is 6.01. The Morgan fingerprint density at radius 2 is 1.62 bits per heavy atom. The highest BCUT2D eigenvalue weighted by molar-refractivity contribution is 7.99. The van der Waals surface area contributed by atoms with E-state index in [1.165, 1.54) is 10.5 Å². The molecule has 0 aliphatic heterocycles. The van der Waals surface area contributed by atoms with Gasteiger partial charge in [0, 0.05) is 9.79 Å². The molecular weight excluding hydrogens is 278 g/mol. The van der Waals surface area contributed by atoms with Gasteiger partial charge in [-0.25, -0.2) is 0 Å². The number of hydrogen-bond acceptors (Lipinski definition) is 3. The van der Waals surface area contributed by atoms with Crippen LogP contribution in [0.4, 0.5) is 5.69 Å². The third-order valence-corrected chi connectivity index (χ3v) is 4.24. The van der Waals surface area contributed by atoms with Crippen molar-refractivity contribution in [3.63, 3.8) is 0 Å². The molecule has 2 nitrogen and oxygen atoms in total. The Labute approximate surface area is 131 Å². The van der Waals surface area contributed by atoms with Crippen LogP contribution in [0.15, 0.2) is 52.3 Å². The normalized spacial score (nSPS) is 11.4. The number of nitrogen functional groups attached to an aromatic ring is 1. The first-order valence-corrected chi connectivity index (χ1v) is 8.02. The lowest BCUT2D eigenvalue weighted by Gasteiger charge is -2.19. The van der Waals surface area contributed by atoms with Crippen molar-refractivity contribution in [3.8, 4) is 5.75 Å². The van der Waals surface area contributed by atoms with Crippen molar-refractivity contribution in [1.82, 2.24) is 0 Å². The SMILES string of the molecule is CCOc1cc(Sc2ccc(C(C)(C)C)cc2)ccc1N. The Morgan fingerprint density at radius 3 is 2.19 bits per heavy atom. The molecule has 0 heterocycles. The summed E-state index contributed by atoms with van der Waals surface area (Å²) in [7, 11) is 0. The summed E-state index contributed by atoms with van der Waals surface area (Å²) in [6, 6.07) is 14.7. The van der Waals surface area contributed by atoms with Crippen LogP contribution in [0.2, 0.25) is 0 Å². The van der Waals surface area contributed by atoms with Crippen LogP contribution >= 0.6 is 11.8 Å². The fraction of sp³-hybridized carbons (Fsp3) is 0.333. The van der Waals surface area contributed by atoms with Gasteiger partial charge in [-0.3, -0.25) is 0 Å². The lowest BCUT2D eigenvalue weighted by molar-refractivity contribution is 0.341. The summed E-state index contributed by atoms with van der Waals surface area (Å²) in [5, 5.41) is 0. The first kappa shape index (κ1) is 15.8. The molecule has 3 heteroatoms. The second-order valence-corrected chi connectivity index (χ2v) is 7.16. The van der Waals surface area contributed by atoms with Gasteiger partial charge < -0.3 is 10.5 Å². The Kier molecular flexibility index (Phi) is 4.84. The van der Waals surface area contributed by atoms with Gasteiger partial charge in [0.1, 0.15) is 5.75 Å². The largest absolute Gasteiger partial charge is 0.492 e. The van der Waals surface area contributed by atoms with E-state index in [0.29, 0.717) is 12.3 Å². The molecule has 0 aliphatic carbocycles. The molecule has 0 aromatic heterocycles. The molecule has 2 N–H and O–H groups in total. The van der Waals surface area contributed by atoms with E-state index in [2.05, 4.69) is 45.0 Å². The molecule has 0 atom stereocenters. The molecular formula is C18H23NOS. The quantitative estimate of drug-likeness (QED) is 0.796. The fourth-order valence-corrected chi connectivity index (χ4v) is 2.86. The van der Waals surface area contributed by atoms with Gasteiger partial charge in [0.05, 0.1) is 12.3 Å². The van der Waals surface area contributed by atoms with Crippen LogP contribution in [0, 0.1) is 0 Å². The molecule has 112 valence electrons. The molecule has 21 heavy (non-hydrogen) atoms. The zero-order chi connectivity index (χ0) is 15.5. The van der Waals surface area contributed by atoms with Crippen molar-refractivity contribution in [3.05, 3.63) is 48.0 Å². The van der Waals surface area contributed by atoms with Gasteiger partial charge in [-0.2, -0.15) is 0 Å². The standard InChI is InChI=1S/C18H23NOS/c1-5-20-17-12-15(10-11-16(17)19)21-14-8-6-13(7-9-14)18(2,3)4/h6-12H,5,19H2,1-4H3. The summed E-state index contributed by atoms with van der Waals surface area (Å²) in [4.78, 5) is 2.35. The van der Waals surface area contributed by atoms with Crippen LogP contribution in [0.25, 0.3) is 0 Å². The minimum absolute atomic E-state index is 0.187. The maximum Gasteiger partial charge on any atom is 0.143 e. The number of benzene rings is 2. The van der Waals surface area contributed by atoms with Gasteiger partial charge in [0.2, 0.25) is 0 Å². The molecule has 0 spiro atoms. The van der Waals surface area contributed by atoms with E-state index in [4.69, 9.17) is 10.5 Å². The van der Waals surface area contributed by atoms with Crippen LogP contribution in [0.3, 0.4) is 0 Å². The van der Waals surface area contributed by atoms with Crippen LogP contribution < -0.4 is 10.5 Å². The zero-order valence-corrected chi connectivity index (χ0v) is 14.0. The fourth-order valence-electron chi connectivity index (χ4n) is 2.02. The van der Waals surface area contributed by atoms with Gasteiger partial charge in [-0.15, -0.1) is 0 Å². The van der Waals surface area contributed by atoms with Gasteiger partial charge in [-0.1, -0.05) is 44.7 Å². The van der Waals surface area contributed by atoms with Crippen LogP contribution in [-0.4, -0.2) is 6.61 Å².